The number of guanidine groups is 1. The van der Waals surface area contributed by atoms with Crippen molar-refractivity contribution in [3.05, 3.63) is 0 Å². The summed E-state index contributed by atoms with van der Waals surface area (Å²) < 4.78 is 5.35. The zero-order chi connectivity index (χ0) is 15.6. The molecule has 23 heavy (non-hydrogen) atoms. The van der Waals surface area contributed by atoms with E-state index in [4.69, 9.17) is 10.5 Å². The molecule has 2 rings (SSSR count). The van der Waals surface area contributed by atoms with Crippen LogP contribution >= 0.6 is 24.0 Å². The number of nitrogens with zero attached hydrogens (tertiary/aromatic N) is 3. The summed E-state index contributed by atoms with van der Waals surface area (Å²) in [4.78, 5) is 9.48. The van der Waals surface area contributed by atoms with Gasteiger partial charge in [-0.15, -0.1) is 24.0 Å². The number of aliphatic imine (C=N–C) groups is 1. The lowest BCUT2D eigenvalue weighted by Crippen LogP contribution is -2.39. The molecule has 0 aromatic rings. The molecule has 6 nitrogen and oxygen atoms in total. The zero-order valence-electron chi connectivity index (χ0n) is 14.5. The topological polar surface area (TPSA) is 66.1 Å². The molecule has 2 aliphatic heterocycles. The fourth-order valence-corrected chi connectivity index (χ4v) is 3.21. The summed E-state index contributed by atoms with van der Waals surface area (Å²) in [7, 11) is 0. The monoisotopic (exact) mass is 439 g/mol. The van der Waals surface area contributed by atoms with E-state index in [1.165, 1.54) is 25.9 Å². The molecule has 136 valence electrons. The van der Waals surface area contributed by atoms with Crippen LogP contribution in [0.3, 0.4) is 0 Å². The third-order valence-corrected chi connectivity index (χ3v) is 4.63. The minimum atomic E-state index is 0. The lowest BCUT2D eigenvalue weighted by molar-refractivity contribution is 0.0376. The Morgan fingerprint density at radius 1 is 1.26 bits per heavy atom. The van der Waals surface area contributed by atoms with Crippen LogP contribution in [0.5, 0.6) is 0 Å². The van der Waals surface area contributed by atoms with Gasteiger partial charge < -0.3 is 20.7 Å². The van der Waals surface area contributed by atoms with Crippen molar-refractivity contribution < 1.29 is 4.74 Å². The standard InChI is InChI=1S/C16H33N5O.HI/c1-2-20-7-3-5-15(14-20)13-19-16(17)18-6-4-8-21-9-11-22-12-10-21;/h15H,2-14H2,1H3,(H3,17,18,19);1H. The number of likely N-dealkylation sites (tertiary alicyclic amines) is 1. The van der Waals surface area contributed by atoms with Gasteiger partial charge in [0.25, 0.3) is 0 Å². The minimum absolute atomic E-state index is 0. The Kier molecular flexibility index (Phi) is 11.2. The maximum Gasteiger partial charge on any atom is 0.188 e. The third-order valence-electron chi connectivity index (χ3n) is 4.63. The molecule has 1 atom stereocenters. The number of morpholine rings is 1. The van der Waals surface area contributed by atoms with Crippen LogP contribution < -0.4 is 11.1 Å². The Morgan fingerprint density at radius 2 is 2.04 bits per heavy atom. The van der Waals surface area contributed by atoms with Gasteiger partial charge in [-0.25, -0.2) is 0 Å². The molecule has 7 heteroatoms. The van der Waals surface area contributed by atoms with Crippen molar-refractivity contribution >= 4 is 29.9 Å². The van der Waals surface area contributed by atoms with Gasteiger partial charge in [0.2, 0.25) is 0 Å². The molecule has 0 radical (unpaired) electrons. The van der Waals surface area contributed by atoms with Crippen LogP contribution in [0.15, 0.2) is 4.99 Å². The van der Waals surface area contributed by atoms with Gasteiger partial charge in [0.1, 0.15) is 0 Å². The highest BCUT2D eigenvalue weighted by atomic mass is 127. The molecule has 1 unspecified atom stereocenters. The Labute approximate surface area is 158 Å². The fourth-order valence-electron chi connectivity index (χ4n) is 3.21. The largest absolute Gasteiger partial charge is 0.379 e. The zero-order valence-corrected chi connectivity index (χ0v) is 16.8. The smallest absolute Gasteiger partial charge is 0.188 e. The van der Waals surface area contributed by atoms with Crippen molar-refractivity contribution in [3.8, 4) is 0 Å². The van der Waals surface area contributed by atoms with Gasteiger partial charge in [0, 0.05) is 32.7 Å². The number of hydrogen-bond donors (Lipinski definition) is 2. The Hall–Kier alpha value is -0.120. The number of halogens is 1. The van der Waals surface area contributed by atoms with E-state index in [0.29, 0.717) is 11.9 Å². The van der Waals surface area contributed by atoms with Crippen LogP contribution in [0.4, 0.5) is 0 Å². The second-order valence-corrected chi connectivity index (χ2v) is 6.36. The van der Waals surface area contributed by atoms with Crippen molar-refractivity contribution in [2.75, 3.05) is 65.6 Å². The highest BCUT2D eigenvalue weighted by Crippen LogP contribution is 2.16. The SMILES string of the molecule is CCN1CCCC(CN=C(N)NCCCN2CCOCC2)C1.I. The van der Waals surface area contributed by atoms with Gasteiger partial charge in [-0.2, -0.15) is 0 Å². The van der Waals surface area contributed by atoms with E-state index in [9.17, 15) is 0 Å². The molecule has 3 N–H and O–H groups in total. The fraction of sp³-hybridized carbons (Fsp3) is 0.938. The van der Waals surface area contributed by atoms with E-state index in [1.54, 1.807) is 0 Å². The van der Waals surface area contributed by atoms with E-state index in [0.717, 1.165) is 58.9 Å². The predicted octanol–water partition coefficient (Wildman–Crippen LogP) is 0.963. The van der Waals surface area contributed by atoms with Crippen molar-refractivity contribution in [1.82, 2.24) is 15.1 Å². The average molecular weight is 439 g/mol. The molecule has 2 heterocycles. The number of ether oxygens (including phenoxy) is 1. The number of hydrogen-bond acceptors (Lipinski definition) is 4. The lowest BCUT2D eigenvalue weighted by Gasteiger charge is -2.30. The molecule has 0 saturated carbocycles. The molecule has 0 aromatic heterocycles. The Balaban J connectivity index is 0.00000264. The maximum atomic E-state index is 5.97. The highest BCUT2D eigenvalue weighted by Gasteiger charge is 2.18. The van der Waals surface area contributed by atoms with Gasteiger partial charge >= 0.3 is 0 Å². The molecule has 2 aliphatic rings. The van der Waals surface area contributed by atoms with Gasteiger partial charge in [0.05, 0.1) is 13.2 Å². The normalized spacial score (nSPS) is 24.2. The number of nitrogens with one attached hydrogen (secondary N) is 1. The molecule has 0 bridgehead atoms. The van der Waals surface area contributed by atoms with Crippen molar-refractivity contribution in [3.63, 3.8) is 0 Å². The number of rotatable bonds is 7. The molecule has 0 spiro atoms. The molecule has 0 aromatic carbocycles. The van der Waals surface area contributed by atoms with Crippen molar-refractivity contribution in [1.29, 1.82) is 0 Å². The predicted molar refractivity (Wildman–Crippen MR) is 107 cm³/mol. The highest BCUT2D eigenvalue weighted by molar-refractivity contribution is 14.0. The summed E-state index contributed by atoms with van der Waals surface area (Å²) in [5, 5.41) is 3.24. The van der Waals surface area contributed by atoms with Crippen LogP contribution in [0, 0.1) is 5.92 Å². The van der Waals surface area contributed by atoms with Crippen molar-refractivity contribution in [2.45, 2.75) is 26.2 Å². The summed E-state index contributed by atoms with van der Waals surface area (Å²) >= 11 is 0. The molecular weight excluding hydrogens is 405 g/mol. The van der Waals surface area contributed by atoms with Crippen LogP contribution in [0.25, 0.3) is 0 Å². The molecule has 0 aliphatic carbocycles. The molecule has 2 saturated heterocycles. The Bertz CT molecular complexity index is 336. The summed E-state index contributed by atoms with van der Waals surface area (Å²) in [5.41, 5.74) is 5.97. The van der Waals surface area contributed by atoms with E-state index < -0.39 is 0 Å². The second kappa shape index (κ2) is 12.3. The van der Waals surface area contributed by atoms with Crippen LogP contribution in [-0.4, -0.2) is 81.3 Å². The van der Waals surface area contributed by atoms with E-state index >= 15 is 0 Å². The maximum absolute atomic E-state index is 5.97. The van der Waals surface area contributed by atoms with E-state index in [-0.39, 0.29) is 24.0 Å². The van der Waals surface area contributed by atoms with Gasteiger partial charge in [-0.3, -0.25) is 9.89 Å². The van der Waals surface area contributed by atoms with Crippen LogP contribution in [-0.2, 0) is 4.74 Å². The first-order valence-electron chi connectivity index (χ1n) is 8.84. The van der Waals surface area contributed by atoms with E-state index in [1.807, 2.05) is 0 Å². The first-order chi connectivity index (χ1) is 10.8. The summed E-state index contributed by atoms with van der Waals surface area (Å²) in [6, 6.07) is 0. The van der Waals surface area contributed by atoms with Gasteiger partial charge in [-0.1, -0.05) is 6.92 Å². The Morgan fingerprint density at radius 3 is 2.78 bits per heavy atom. The second-order valence-electron chi connectivity index (χ2n) is 6.36. The van der Waals surface area contributed by atoms with Gasteiger partial charge in [0.15, 0.2) is 5.96 Å². The van der Waals surface area contributed by atoms with Crippen molar-refractivity contribution in [2.24, 2.45) is 16.6 Å². The average Bonchev–Trinajstić information content (AvgIpc) is 2.58. The molecular formula is C16H34IN5O. The summed E-state index contributed by atoms with van der Waals surface area (Å²) in [6.07, 6.45) is 3.68. The lowest BCUT2D eigenvalue weighted by atomic mass is 9.98. The first-order valence-corrected chi connectivity index (χ1v) is 8.84. The first kappa shape index (κ1) is 20.9. The molecule has 2 fully saturated rings. The number of nitrogens with two attached hydrogens (primary N) is 1. The van der Waals surface area contributed by atoms with Crippen LogP contribution in [0.2, 0.25) is 0 Å². The van der Waals surface area contributed by atoms with Crippen LogP contribution in [0.1, 0.15) is 26.2 Å². The number of piperidine rings is 1. The van der Waals surface area contributed by atoms with Gasteiger partial charge in [-0.05, 0) is 44.8 Å². The quantitative estimate of drug-likeness (QED) is 0.268. The minimum Gasteiger partial charge on any atom is -0.379 e. The van der Waals surface area contributed by atoms with E-state index in [2.05, 4.69) is 27.0 Å². The third kappa shape index (κ3) is 8.51. The summed E-state index contributed by atoms with van der Waals surface area (Å²) in [5.74, 6) is 1.28. The molecule has 0 amide bonds. The summed E-state index contributed by atoms with van der Waals surface area (Å²) in [6.45, 7) is 12.5.